The maximum Gasteiger partial charge on any atom is 0.0979 e. The molecule has 0 radical (unpaired) electrons. The van der Waals surface area contributed by atoms with Crippen molar-refractivity contribution in [2.75, 3.05) is 13.2 Å². The first-order chi connectivity index (χ1) is 6.08. The lowest BCUT2D eigenvalue weighted by molar-refractivity contribution is 0.116. The third-order valence-corrected chi connectivity index (χ3v) is 1.81. The van der Waals surface area contributed by atoms with Crippen molar-refractivity contribution in [3.05, 3.63) is 11.9 Å². The Hall–Kier alpha value is -0.450. The number of aliphatic hydroxyl groups is 2. The monoisotopic (exact) mass is 191 g/mol. The molecule has 78 valence electrons. The number of halogens is 1. The highest BCUT2D eigenvalue weighted by atomic mass is 19.1. The average Bonchev–Trinajstić information content (AvgIpc) is 2.14. The van der Waals surface area contributed by atoms with Gasteiger partial charge in [-0.2, -0.15) is 0 Å². The van der Waals surface area contributed by atoms with Gasteiger partial charge in [0.25, 0.3) is 0 Å². The van der Waals surface area contributed by atoms with Crippen molar-refractivity contribution in [3.8, 4) is 0 Å². The van der Waals surface area contributed by atoms with E-state index in [1.165, 1.54) is 6.08 Å². The van der Waals surface area contributed by atoms with E-state index in [1.807, 2.05) is 6.92 Å². The molecule has 13 heavy (non-hydrogen) atoms. The highest BCUT2D eigenvalue weighted by Crippen LogP contribution is 2.15. The molecule has 0 aromatic carbocycles. The maximum atomic E-state index is 13.0. The molecule has 0 aliphatic heterocycles. The molecule has 4 heteroatoms. The van der Waals surface area contributed by atoms with E-state index in [2.05, 4.69) is 0 Å². The SMILES string of the molecule is CCC/C=C(/F)CC(N)(CO)CO. The number of allylic oxidation sites excluding steroid dienone is 1. The van der Waals surface area contributed by atoms with Gasteiger partial charge in [-0.1, -0.05) is 19.4 Å². The van der Waals surface area contributed by atoms with E-state index in [0.717, 1.165) is 6.42 Å². The van der Waals surface area contributed by atoms with Crippen molar-refractivity contribution < 1.29 is 14.6 Å². The summed E-state index contributed by atoms with van der Waals surface area (Å²) in [6.07, 6.45) is 2.84. The number of aliphatic hydroxyl groups excluding tert-OH is 2. The molecule has 0 atom stereocenters. The summed E-state index contributed by atoms with van der Waals surface area (Å²) in [5, 5.41) is 17.6. The molecule has 0 aromatic rings. The van der Waals surface area contributed by atoms with Gasteiger partial charge in [0.15, 0.2) is 0 Å². The van der Waals surface area contributed by atoms with Gasteiger partial charge >= 0.3 is 0 Å². The van der Waals surface area contributed by atoms with Crippen LogP contribution in [0.4, 0.5) is 4.39 Å². The van der Waals surface area contributed by atoms with E-state index in [1.54, 1.807) is 0 Å². The van der Waals surface area contributed by atoms with Crippen LogP contribution in [0.25, 0.3) is 0 Å². The molecule has 4 N–H and O–H groups in total. The van der Waals surface area contributed by atoms with Gasteiger partial charge in [0, 0.05) is 6.42 Å². The van der Waals surface area contributed by atoms with Crippen molar-refractivity contribution in [2.24, 2.45) is 5.73 Å². The lowest BCUT2D eigenvalue weighted by Crippen LogP contribution is -2.47. The van der Waals surface area contributed by atoms with Crippen molar-refractivity contribution in [1.82, 2.24) is 0 Å². The Labute approximate surface area is 78.1 Å². The quantitative estimate of drug-likeness (QED) is 0.579. The number of nitrogens with two attached hydrogens (primary N) is 1. The van der Waals surface area contributed by atoms with Gasteiger partial charge in [0.1, 0.15) is 0 Å². The number of hydrogen-bond donors (Lipinski definition) is 3. The van der Waals surface area contributed by atoms with E-state index in [9.17, 15) is 4.39 Å². The molecule has 0 aliphatic carbocycles. The molecule has 3 nitrogen and oxygen atoms in total. The molecular formula is C9H18FNO2. The standard InChI is InChI=1S/C9H18FNO2/c1-2-3-4-8(10)5-9(11,6-12)7-13/h4,12-13H,2-3,5-7,11H2,1H3/b8-4+. The van der Waals surface area contributed by atoms with Gasteiger partial charge < -0.3 is 15.9 Å². The molecule has 0 aliphatic rings. The van der Waals surface area contributed by atoms with Gasteiger partial charge in [-0.3, -0.25) is 0 Å². The largest absolute Gasteiger partial charge is 0.394 e. The minimum atomic E-state index is -1.23. The van der Waals surface area contributed by atoms with Gasteiger partial charge in [-0.05, 0) is 6.42 Å². The van der Waals surface area contributed by atoms with Gasteiger partial charge in [0.2, 0.25) is 0 Å². The predicted octanol–water partition coefficient (Wildman–Crippen LogP) is 0.712. The van der Waals surface area contributed by atoms with Crippen LogP contribution >= 0.6 is 0 Å². The summed E-state index contributed by atoms with van der Waals surface area (Å²) >= 11 is 0. The average molecular weight is 191 g/mol. The molecule has 0 heterocycles. The Morgan fingerprint density at radius 1 is 1.46 bits per heavy atom. The van der Waals surface area contributed by atoms with Crippen molar-refractivity contribution >= 4 is 0 Å². The fourth-order valence-corrected chi connectivity index (χ4v) is 0.871. The Balaban J connectivity index is 4.08. The zero-order chi connectivity index (χ0) is 10.3. The summed E-state index contributed by atoms with van der Waals surface area (Å²) in [6.45, 7) is 1.10. The zero-order valence-corrected chi connectivity index (χ0v) is 7.96. The Morgan fingerprint density at radius 3 is 2.38 bits per heavy atom. The van der Waals surface area contributed by atoms with E-state index in [0.29, 0.717) is 6.42 Å². The summed E-state index contributed by atoms with van der Waals surface area (Å²) in [5.74, 6) is -0.368. The lowest BCUT2D eigenvalue weighted by atomic mass is 9.98. The van der Waals surface area contributed by atoms with Crippen molar-refractivity contribution in [3.63, 3.8) is 0 Å². The van der Waals surface area contributed by atoms with Crippen molar-refractivity contribution in [1.29, 1.82) is 0 Å². The summed E-state index contributed by atoms with van der Waals surface area (Å²) in [4.78, 5) is 0. The molecule has 0 unspecified atom stereocenters. The Morgan fingerprint density at radius 2 is 2.00 bits per heavy atom. The minimum Gasteiger partial charge on any atom is -0.394 e. The van der Waals surface area contributed by atoms with Crippen LogP contribution in [0.3, 0.4) is 0 Å². The number of rotatable bonds is 6. The fraction of sp³-hybridized carbons (Fsp3) is 0.778. The highest BCUT2D eigenvalue weighted by Gasteiger charge is 2.24. The first-order valence-electron chi connectivity index (χ1n) is 4.43. The van der Waals surface area contributed by atoms with Crippen LogP contribution in [0.15, 0.2) is 11.9 Å². The van der Waals surface area contributed by atoms with E-state index in [4.69, 9.17) is 15.9 Å². The Bertz CT molecular complexity index is 167. The lowest BCUT2D eigenvalue weighted by Gasteiger charge is -2.23. The molecule has 0 spiro atoms. The molecule has 0 fully saturated rings. The van der Waals surface area contributed by atoms with Gasteiger partial charge in [-0.15, -0.1) is 0 Å². The predicted molar refractivity (Wildman–Crippen MR) is 49.8 cm³/mol. The van der Waals surface area contributed by atoms with Crippen molar-refractivity contribution in [2.45, 2.75) is 31.7 Å². The second kappa shape index (κ2) is 6.07. The molecule has 0 saturated heterocycles. The molecule has 0 saturated carbocycles. The van der Waals surface area contributed by atoms with Gasteiger partial charge in [0.05, 0.1) is 24.6 Å². The smallest absolute Gasteiger partial charge is 0.0979 e. The Kier molecular flexibility index (Phi) is 5.86. The van der Waals surface area contributed by atoms with Crippen LogP contribution in [-0.2, 0) is 0 Å². The van der Waals surface area contributed by atoms with E-state index < -0.39 is 18.8 Å². The summed E-state index contributed by atoms with van der Waals surface area (Å²) in [5.41, 5.74) is 4.26. The third kappa shape index (κ3) is 4.98. The third-order valence-electron chi connectivity index (χ3n) is 1.81. The summed E-state index contributed by atoms with van der Waals surface area (Å²) in [6, 6.07) is 0. The molecular weight excluding hydrogens is 173 g/mol. The fourth-order valence-electron chi connectivity index (χ4n) is 0.871. The van der Waals surface area contributed by atoms with Crippen LogP contribution in [0.2, 0.25) is 0 Å². The zero-order valence-electron chi connectivity index (χ0n) is 7.96. The number of hydrogen-bond acceptors (Lipinski definition) is 3. The molecule has 0 aromatic heterocycles. The van der Waals surface area contributed by atoms with Gasteiger partial charge in [-0.25, -0.2) is 4.39 Å². The second-order valence-electron chi connectivity index (χ2n) is 3.30. The van der Waals surface area contributed by atoms with Crippen LogP contribution in [0.1, 0.15) is 26.2 Å². The topological polar surface area (TPSA) is 66.5 Å². The molecule has 0 rings (SSSR count). The molecule has 0 amide bonds. The first-order valence-corrected chi connectivity index (χ1v) is 4.43. The normalized spacial score (nSPS) is 13.5. The van der Waals surface area contributed by atoms with Crippen LogP contribution in [0, 0.1) is 0 Å². The maximum absolute atomic E-state index is 13.0. The second-order valence-corrected chi connectivity index (χ2v) is 3.30. The van der Waals surface area contributed by atoms with E-state index in [-0.39, 0.29) is 12.2 Å². The number of unbranched alkanes of at least 4 members (excludes halogenated alkanes) is 1. The van der Waals surface area contributed by atoms with E-state index >= 15 is 0 Å². The summed E-state index contributed by atoms with van der Waals surface area (Å²) < 4.78 is 13.0. The van der Waals surface area contributed by atoms with Crippen LogP contribution < -0.4 is 5.73 Å². The van der Waals surface area contributed by atoms with Crippen LogP contribution in [0.5, 0.6) is 0 Å². The minimum absolute atomic E-state index is 0.111. The van der Waals surface area contributed by atoms with Crippen LogP contribution in [-0.4, -0.2) is 29.0 Å². The highest BCUT2D eigenvalue weighted by molar-refractivity contribution is 5.00. The first kappa shape index (κ1) is 12.6. The molecule has 0 bridgehead atoms. The summed E-state index contributed by atoms with van der Waals surface area (Å²) in [7, 11) is 0.